The highest BCUT2D eigenvalue weighted by Crippen LogP contribution is 2.33. The quantitative estimate of drug-likeness (QED) is 0.363. The Hall–Kier alpha value is -3.52. The summed E-state index contributed by atoms with van der Waals surface area (Å²) in [7, 11) is 0. The van der Waals surface area contributed by atoms with Crippen LogP contribution in [0.3, 0.4) is 0 Å². The van der Waals surface area contributed by atoms with Gasteiger partial charge in [0, 0.05) is 22.9 Å². The van der Waals surface area contributed by atoms with Crippen molar-refractivity contribution in [2.75, 3.05) is 11.2 Å². The molecule has 7 nitrogen and oxygen atoms in total. The topological polar surface area (TPSA) is 94.5 Å². The summed E-state index contributed by atoms with van der Waals surface area (Å²) >= 11 is 1.53. The van der Waals surface area contributed by atoms with Crippen LogP contribution < -0.4 is 15.5 Å². The maximum atomic E-state index is 12.7. The SMILES string of the molecule is CSc1cc(C(=O)NC(=N)NC(=O)OCc2ccccc2)c(C)cc1N1C=CCC=C1. The molecule has 0 saturated heterocycles. The van der Waals surface area contributed by atoms with E-state index in [0.29, 0.717) is 5.56 Å². The van der Waals surface area contributed by atoms with Crippen molar-refractivity contribution in [3.63, 3.8) is 0 Å². The molecule has 2 aromatic carbocycles. The van der Waals surface area contributed by atoms with Crippen molar-refractivity contribution >= 4 is 35.4 Å². The lowest BCUT2D eigenvalue weighted by atomic mass is 10.1. The van der Waals surface area contributed by atoms with Crippen molar-refractivity contribution in [1.82, 2.24) is 10.6 Å². The van der Waals surface area contributed by atoms with Crippen LogP contribution in [-0.2, 0) is 11.3 Å². The fourth-order valence-corrected chi connectivity index (χ4v) is 3.60. The van der Waals surface area contributed by atoms with Crippen molar-refractivity contribution in [2.24, 2.45) is 0 Å². The third-order valence-corrected chi connectivity index (χ3v) is 5.30. The van der Waals surface area contributed by atoms with E-state index in [2.05, 4.69) is 22.8 Å². The minimum absolute atomic E-state index is 0.0744. The Morgan fingerprint density at radius 3 is 2.52 bits per heavy atom. The van der Waals surface area contributed by atoms with Gasteiger partial charge in [0.2, 0.25) is 5.96 Å². The molecule has 0 atom stereocenters. The molecule has 0 radical (unpaired) electrons. The Balaban J connectivity index is 1.62. The number of carbonyl (C=O) groups is 2. The zero-order valence-corrected chi connectivity index (χ0v) is 18.2. The van der Waals surface area contributed by atoms with E-state index in [4.69, 9.17) is 10.1 Å². The van der Waals surface area contributed by atoms with Gasteiger partial charge in [-0.25, -0.2) is 4.79 Å². The van der Waals surface area contributed by atoms with E-state index in [9.17, 15) is 9.59 Å². The summed E-state index contributed by atoms with van der Waals surface area (Å²) in [5.74, 6) is -0.920. The number of aryl methyl sites for hydroxylation is 1. The molecule has 3 N–H and O–H groups in total. The summed E-state index contributed by atoms with van der Waals surface area (Å²) in [6, 6.07) is 12.9. The molecule has 0 aromatic heterocycles. The number of nitrogens with zero attached hydrogens (tertiary/aromatic N) is 1. The molecule has 0 bridgehead atoms. The van der Waals surface area contributed by atoms with E-state index in [-0.39, 0.29) is 6.61 Å². The second kappa shape index (κ2) is 10.5. The summed E-state index contributed by atoms with van der Waals surface area (Å²) in [6.07, 6.45) is 10.1. The lowest BCUT2D eigenvalue weighted by Crippen LogP contribution is -2.43. The largest absolute Gasteiger partial charge is 0.444 e. The van der Waals surface area contributed by atoms with Gasteiger partial charge in [-0.2, -0.15) is 0 Å². The summed E-state index contributed by atoms with van der Waals surface area (Å²) in [4.78, 5) is 27.5. The molecule has 0 spiro atoms. The molecule has 160 valence electrons. The molecular weight excluding hydrogens is 412 g/mol. The van der Waals surface area contributed by atoms with Crippen LogP contribution in [0.2, 0.25) is 0 Å². The highest BCUT2D eigenvalue weighted by atomic mass is 32.2. The van der Waals surface area contributed by atoms with Gasteiger partial charge in [-0.3, -0.25) is 20.8 Å². The number of benzene rings is 2. The monoisotopic (exact) mass is 436 g/mol. The number of allylic oxidation sites excluding steroid dienone is 2. The first-order valence-corrected chi connectivity index (χ1v) is 10.9. The summed E-state index contributed by atoms with van der Waals surface area (Å²) in [5, 5.41) is 12.5. The molecule has 1 aliphatic heterocycles. The maximum Gasteiger partial charge on any atom is 0.414 e. The highest BCUT2D eigenvalue weighted by Gasteiger charge is 2.17. The molecule has 0 unspecified atom stereocenters. The normalized spacial score (nSPS) is 12.4. The van der Waals surface area contributed by atoms with Crippen LogP contribution in [-0.4, -0.2) is 24.2 Å². The van der Waals surface area contributed by atoms with E-state index in [1.54, 1.807) is 6.07 Å². The average molecular weight is 437 g/mol. The van der Waals surface area contributed by atoms with Gasteiger partial charge in [0.1, 0.15) is 6.61 Å². The van der Waals surface area contributed by atoms with Crippen LogP contribution in [0, 0.1) is 12.3 Å². The van der Waals surface area contributed by atoms with Gasteiger partial charge in [-0.15, -0.1) is 11.8 Å². The minimum atomic E-state index is -0.810. The predicted octanol–water partition coefficient (Wildman–Crippen LogP) is 4.55. The lowest BCUT2D eigenvalue weighted by molar-refractivity contribution is 0.0974. The second-order valence-electron chi connectivity index (χ2n) is 6.77. The van der Waals surface area contributed by atoms with Gasteiger partial charge in [0.05, 0.1) is 5.69 Å². The van der Waals surface area contributed by atoms with E-state index < -0.39 is 18.0 Å². The summed E-state index contributed by atoms with van der Waals surface area (Å²) < 4.78 is 5.07. The lowest BCUT2D eigenvalue weighted by Gasteiger charge is -2.22. The fraction of sp³-hybridized carbons (Fsp3) is 0.174. The fourth-order valence-electron chi connectivity index (χ4n) is 2.99. The van der Waals surface area contributed by atoms with E-state index in [0.717, 1.165) is 28.1 Å². The Morgan fingerprint density at radius 2 is 1.84 bits per heavy atom. The van der Waals surface area contributed by atoms with Gasteiger partial charge in [-0.1, -0.05) is 42.5 Å². The smallest absolute Gasteiger partial charge is 0.414 e. The van der Waals surface area contributed by atoms with Crippen LogP contribution in [0.1, 0.15) is 27.9 Å². The number of hydrogen-bond acceptors (Lipinski definition) is 6. The van der Waals surface area contributed by atoms with Crippen molar-refractivity contribution < 1.29 is 14.3 Å². The number of carbonyl (C=O) groups excluding carboxylic acids is 2. The number of alkyl carbamates (subject to hydrolysis) is 1. The number of guanidine groups is 1. The number of nitrogens with one attached hydrogen (secondary N) is 3. The first-order valence-electron chi connectivity index (χ1n) is 9.66. The molecule has 31 heavy (non-hydrogen) atoms. The molecule has 1 heterocycles. The van der Waals surface area contributed by atoms with Crippen LogP contribution in [0.5, 0.6) is 0 Å². The number of amides is 2. The van der Waals surface area contributed by atoms with Gasteiger partial charge < -0.3 is 9.64 Å². The molecule has 2 amide bonds. The molecule has 2 aromatic rings. The summed E-state index contributed by atoms with van der Waals surface area (Å²) in [5.41, 5.74) is 3.00. The molecule has 8 heteroatoms. The molecule has 0 fully saturated rings. The number of anilines is 1. The van der Waals surface area contributed by atoms with Gasteiger partial charge >= 0.3 is 6.09 Å². The first kappa shape index (κ1) is 22.2. The zero-order valence-electron chi connectivity index (χ0n) is 17.3. The van der Waals surface area contributed by atoms with Gasteiger partial charge in [0.15, 0.2) is 0 Å². The van der Waals surface area contributed by atoms with Crippen LogP contribution >= 0.6 is 11.8 Å². The third kappa shape index (κ3) is 5.99. The van der Waals surface area contributed by atoms with Gasteiger partial charge in [-0.05, 0) is 42.9 Å². The minimum Gasteiger partial charge on any atom is -0.444 e. The number of hydrogen-bond donors (Lipinski definition) is 3. The van der Waals surface area contributed by atoms with Crippen LogP contribution in [0.4, 0.5) is 10.5 Å². The number of rotatable bonds is 5. The Kier molecular flexibility index (Phi) is 7.50. The number of thioether (sulfide) groups is 1. The van der Waals surface area contributed by atoms with Gasteiger partial charge in [0.25, 0.3) is 5.91 Å². The Morgan fingerprint density at radius 1 is 1.13 bits per heavy atom. The Bertz CT molecular complexity index is 1020. The van der Waals surface area contributed by atoms with Crippen molar-refractivity contribution in [3.8, 4) is 0 Å². The molecule has 3 rings (SSSR count). The van der Waals surface area contributed by atoms with Crippen molar-refractivity contribution in [2.45, 2.75) is 24.8 Å². The van der Waals surface area contributed by atoms with E-state index >= 15 is 0 Å². The number of ether oxygens (including phenoxy) is 1. The second-order valence-corrected chi connectivity index (χ2v) is 7.62. The van der Waals surface area contributed by atoms with E-state index in [1.807, 2.05) is 66.9 Å². The summed E-state index contributed by atoms with van der Waals surface area (Å²) in [6.45, 7) is 1.91. The molecule has 0 aliphatic carbocycles. The first-order chi connectivity index (χ1) is 15.0. The maximum absolute atomic E-state index is 12.7. The zero-order chi connectivity index (χ0) is 22.2. The molecule has 1 aliphatic rings. The standard InChI is InChI=1S/C23H24N4O3S/c1-16-13-19(27-11-7-4-8-12-27)20(31-2)14-18(16)21(28)25-22(24)26-23(29)30-15-17-9-5-3-6-10-17/h3,5-14H,4,15H2,1-2H3,(H3,24,25,26,28,29). The third-order valence-electron chi connectivity index (χ3n) is 4.53. The van der Waals surface area contributed by atoms with Crippen molar-refractivity contribution in [3.05, 3.63) is 83.7 Å². The highest BCUT2D eigenvalue weighted by molar-refractivity contribution is 7.98. The average Bonchev–Trinajstić information content (AvgIpc) is 2.78. The van der Waals surface area contributed by atoms with E-state index in [1.165, 1.54) is 11.8 Å². The van der Waals surface area contributed by atoms with Crippen molar-refractivity contribution in [1.29, 1.82) is 5.41 Å². The molecular formula is C23H24N4O3S. The molecule has 0 saturated carbocycles. The Labute approximate surface area is 185 Å². The van der Waals surface area contributed by atoms with Crippen LogP contribution in [0.25, 0.3) is 0 Å². The predicted molar refractivity (Wildman–Crippen MR) is 123 cm³/mol. The van der Waals surface area contributed by atoms with Crippen LogP contribution in [0.15, 0.2) is 71.9 Å².